The zero-order chi connectivity index (χ0) is 15.7. The normalized spacial score (nSPS) is 13.3. The molecule has 5 nitrogen and oxygen atoms in total. The summed E-state index contributed by atoms with van der Waals surface area (Å²) in [4.78, 5) is 4.07. The fourth-order valence-corrected chi connectivity index (χ4v) is 3.69. The maximum absolute atomic E-state index is 12.2. The molecule has 21 heavy (non-hydrogen) atoms. The van der Waals surface area contributed by atoms with Crippen LogP contribution in [0.4, 0.5) is 0 Å². The van der Waals surface area contributed by atoms with Crippen LogP contribution in [0.3, 0.4) is 0 Å². The van der Waals surface area contributed by atoms with Gasteiger partial charge in [-0.3, -0.25) is 0 Å². The molecule has 0 aliphatic rings. The highest BCUT2D eigenvalue weighted by molar-refractivity contribution is 7.99. The Bertz CT molecular complexity index is 503. The van der Waals surface area contributed by atoms with Gasteiger partial charge < -0.3 is 5.32 Å². The average Bonchev–Trinajstić information content (AvgIpc) is 2.45. The van der Waals surface area contributed by atoms with Crippen molar-refractivity contribution in [3.8, 4) is 0 Å². The second-order valence-corrected chi connectivity index (χ2v) is 7.84. The summed E-state index contributed by atoms with van der Waals surface area (Å²) >= 11 is 1.71. The number of hydrogen-bond donors (Lipinski definition) is 2. The standard InChI is InChI=1S/C14H25N3O2S2/c1-4-8-15-9-13-6-7-14(16-10-13)21(18,19)17-12(3)11-20-5-2/h6-7,10,12,15,17H,4-5,8-9,11H2,1-3H3. The van der Waals surface area contributed by atoms with Crippen LogP contribution in [-0.4, -0.2) is 37.5 Å². The highest BCUT2D eigenvalue weighted by atomic mass is 32.2. The molecule has 0 saturated carbocycles. The number of thioether (sulfide) groups is 1. The second-order valence-electron chi connectivity index (χ2n) is 4.86. The zero-order valence-corrected chi connectivity index (χ0v) is 14.6. The Labute approximate surface area is 132 Å². The lowest BCUT2D eigenvalue weighted by Gasteiger charge is -2.13. The first-order valence-electron chi connectivity index (χ1n) is 7.25. The first-order valence-corrected chi connectivity index (χ1v) is 9.89. The summed E-state index contributed by atoms with van der Waals surface area (Å²) in [5.41, 5.74) is 0.983. The van der Waals surface area contributed by atoms with E-state index in [1.54, 1.807) is 30.1 Å². The van der Waals surface area contributed by atoms with Crippen molar-refractivity contribution in [1.29, 1.82) is 0 Å². The molecular weight excluding hydrogens is 306 g/mol. The predicted octanol–water partition coefficient (Wildman–Crippen LogP) is 2.00. The van der Waals surface area contributed by atoms with Crippen molar-refractivity contribution in [2.24, 2.45) is 0 Å². The minimum absolute atomic E-state index is 0.0788. The Morgan fingerprint density at radius 2 is 2.10 bits per heavy atom. The van der Waals surface area contributed by atoms with E-state index >= 15 is 0 Å². The Kier molecular flexibility index (Phi) is 8.24. The van der Waals surface area contributed by atoms with Gasteiger partial charge in [-0.25, -0.2) is 18.1 Å². The van der Waals surface area contributed by atoms with Gasteiger partial charge in [0.2, 0.25) is 0 Å². The summed E-state index contributed by atoms with van der Waals surface area (Å²) in [5, 5.41) is 3.34. The Hall–Kier alpha value is -0.630. The van der Waals surface area contributed by atoms with Gasteiger partial charge in [0.15, 0.2) is 5.03 Å². The van der Waals surface area contributed by atoms with Crippen molar-refractivity contribution >= 4 is 21.8 Å². The van der Waals surface area contributed by atoms with Crippen LogP contribution in [0.5, 0.6) is 0 Å². The molecule has 1 heterocycles. The van der Waals surface area contributed by atoms with Crippen LogP contribution >= 0.6 is 11.8 Å². The lowest BCUT2D eigenvalue weighted by atomic mass is 10.3. The Balaban J connectivity index is 2.62. The average molecular weight is 332 g/mol. The van der Waals surface area contributed by atoms with E-state index in [4.69, 9.17) is 0 Å². The van der Waals surface area contributed by atoms with Crippen molar-refractivity contribution < 1.29 is 8.42 Å². The number of aromatic nitrogens is 1. The fraction of sp³-hybridized carbons (Fsp3) is 0.643. The van der Waals surface area contributed by atoms with Crippen LogP contribution < -0.4 is 10.0 Å². The van der Waals surface area contributed by atoms with Crippen LogP contribution in [0.25, 0.3) is 0 Å². The molecule has 0 fully saturated rings. The molecule has 0 bridgehead atoms. The molecular formula is C14H25N3O2S2. The van der Waals surface area contributed by atoms with E-state index in [2.05, 4.69) is 28.9 Å². The Morgan fingerprint density at radius 1 is 1.33 bits per heavy atom. The monoisotopic (exact) mass is 331 g/mol. The first-order chi connectivity index (χ1) is 9.99. The second kappa shape index (κ2) is 9.40. The molecule has 7 heteroatoms. The van der Waals surface area contributed by atoms with Gasteiger partial charge in [0.25, 0.3) is 10.0 Å². The number of sulfonamides is 1. The predicted molar refractivity (Wildman–Crippen MR) is 89.0 cm³/mol. The summed E-state index contributed by atoms with van der Waals surface area (Å²) in [6, 6.07) is 3.26. The van der Waals surface area contributed by atoms with E-state index < -0.39 is 10.0 Å². The zero-order valence-electron chi connectivity index (χ0n) is 12.9. The van der Waals surface area contributed by atoms with E-state index in [1.165, 1.54) is 0 Å². The molecule has 0 spiro atoms. The molecule has 1 aromatic rings. The summed E-state index contributed by atoms with van der Waals surface area (Å²) in [7, 11) is -3.53. The van der Waals surface area contributed by atoms with Crippen molar-refractivity contribution in [3.63, 3.8) is 0 Å². The molecule has 2 N–H and O–H groups in total. The molecule has 0 aliphatic heterocycles. The number of nitrogens with zero attached hydrogens (tertiary/aromatic N) is 1. The van der Waals surface area contributed by atoms with Gasteiger partial charge in [-0.15, -0.1) is 0 Å². The number of nitrogens with one attached hydrogen (secondary N) is 2. The topological polar surface area (TPSA) is 71.1 Å². The minimum atomic E-state index is -3.53. The van der Waals surface area contributed by atoms with Crippen LogP contribution in [0.15, 0.2) is 23.4 Å². The van der Waals surface area contributed by atoms with Gasteiger partial charge >= 0.3 is 0 Å². The van der Waals surface area contributed by atoms with Crippen molar-refractivity contribution in [1.82, 2.24) is 15.0 Å². The van der Waals surface area contributed by atoms with Crippen molar-refractivity contribution in [2.45, 2.75) is 44.8 Å². The van der Waals surface area contributed by atoms with Crippen LogP contribution in [0, 0.1) is 0 Å². The molecule has 0 amide bonds. The smallest absolute Gasteiger partial charge is 0.258 e. The summed E-state index contributed by atoms with van der Waals surface area (Å²) in [5.74, 6) is 1.73. The molecule has 1 atom stereocenters. The third-order valence-electron chi connectivity index (χ3n) is 2.76. The van der Waals surface area contributed by atoms with Gasteiger partial charge in [0, 0.05) is 24.5 Å². The molecule has 1 aromatic heterocycles. The van der Waals surface area contributed by atoms with Crippen LogP contribution in [0.2, 0.25) is 0 Å². The molecule has 0 saturated heterocycles. The lowest BCUT2D eigenvalue weighted by Crippen LogP contribution is -2.34. The highest BCUT2D eigenvalue weighted by Crippen LogP contribution is 2.09. The molecule has 1 rings (SSSR count). The number of pyridine rings is 1. The van der Waals surface area contributed by atoms with Gasteiger partial charge in [-0.05, 0) is 37.3 Å². The minimum Gasteiger partial charge on any atom is -0.313 e. The third-order valence-corrected chi connectivity index (χ3v) is 5.41. The van der Waals surface area contributed by atoms with Gasteiger partial charge in [0.05, 0.1) is 0 Å². The van der Waals surface area contributed by atoms with Gasteiger partial charge in [-0.1, -0.05) is 19.9 Å². The van der Waals surface area contributed by atoms with Gasteiger partial charge in [0.1, 0.15) is 0 Å². The number of rotatable bonds is 10. The maximum Gasteiger partial charge on any atom is 0.258 e. The quantitative estimate of drug-likeness (QED) is 0.642. The summed E-state index contributed by atoms with van der Waals surface area (Å²) in [6.07, 6.45) is 2.68. The van der Waals surface area contributed by atoms with Crippen LogP contribution in [0.1, 0.15) is 32.8 Å². The van der Waals surface area contributed by atoms with E-state index in [1.807, 2.05) is 6.92 Å². The van der Waals surface area contributed by atoms with Gasteiger partial charge in [-0.2, -0.15) is 11.8 Å². The van der Waals surface area contributed by atoms with E-state index in [9.17, 15) is 8.42 Å². The molecule has 0 radical (unpaired) electrons. The number of hydrogen-bond acceptors (Lipinski definition) is 5. The first kappa shape index (κ1) is 18.4. The third kappa shape index (κ3) is 6.78. The molecule has 120 valence electrons. The fourth-order valence-electron chi connectivity index (χ4n) is 1.74. The summed E-state index contributed by atoms with van der Waals surface area (Å²) in [6.45, 7) is 7.67. The molecule has 0 aromatic carbocycles. The molecule has 1 unspecified atom stereocenters. The lowest BCUT2D eigenvalue weighted by molar-refractivity contribution is 0.567. The largest absolute Gasteiger partial charge is 0.313 e. The van der Waals surface area contributed by atoms with Crippen molar-refractivity contribution in [2.75, 3.05) is 18.1 Å². The van der Waals surface area contributed by atoms with Crippen molar-refractivity contribution in [3.05, 3.63) is 23.9 Å². The highest BCUT2D eigenvalue weighted by Gasteiger charge is 2.18. The Morgan fingerprint density at radius 3 is 2.67 bits per heavy atom. The SMILES string of the molecule is CCCNCc1ccc(S(=O)(=O)NC(C)CSCC)nc1. The van der Waals surface area contributed by atoms with Crippen LogP contribution in [-0.2, 0) is 16.6 Å². The summed E-state index contributed by atoms with van der Waals surface area (Å²) < 4.78 is 27.0. The molecule has 0 aliphatic carbocycles. The van der Waals surface area contributed by atoms with E-state index in [0.717, 1.165) is 30.0 Å². The van der Waals surface area contributed by atoms with E-state index in [-0.39, 0.29) is 11.1 Å². The van der Waals surface area contributed by atoms with E-state index in [0.29, 0.717) is 6.54 Å². The maximum atomic E-state index is 12.2.